The topological polar surface area (TPSA) is 125 Å². The minimum absolute atomic E-state index is 0.0161. The van der Waals surface area contributed by atoms with Crippen molar-refractivity contribution in [3.63, 3.8) is 0 Å². The van der Waals surface area contributed by atoms with Gasteiger partial charge in [-0.2, -0.15) is 5.10 Å². The molecule has 0 atom stereocenters. The Morgan fingerprint density at radius 2 is 1.94 bits per heavy atom. The van der Waals surface area contributed by atoms with E-state index in [1.54, 1.807) is 29.9 Å². The Labute approximate surface area is 210 Å². The molecule has 0 bridgehead atoms. The van der Waals surface area contributed by atoms with Crippen molar-refractivity contribution in [2.24, 2.45) is 0 Å². The van der Waals surface area contributed by atoms with Crippen molar-refractivity contribution >= 4 is 45.0 Å². The number of hydrogen-bond donors (Lipinski definition) is 3. The minimum Gasteiger partial charge on any atom is -0.335 e. The first-order chi connectivity index (χ1) is 17.7. The molecule has 0 aromatic carbocycles. The molecule has 36 heavy (non-hydrogen) atoms. The van der Waals surface area contributed by atoms with Crippen LogP contribution in [0.2, 0.25) is 0 Å². The number of unbranched alkanes of at least 4 members (excludes halogenated alkanes) is 1. The Kier molecular flexibility index (Phi) is 5.70. The Balaban J connectivity index is 1.37. The van der Waals surface area contributed by atoms with Crippen LogP contribution in [-0.4, -0.2) is 41.0 Å². The summed E-state index contributed by atoms with van der Waals surface area (Å²) in [4.78, 5) is 35.0. The summed E-state index contributed by atoms with van der Waals surface area (Å²) in [6.45, 7) is 2.06. The molecule has 0 saturated carbocycles. The van der Waals surface area contributed by atoms with Gasteiger partial charge in [0.2, 0.25) is 5.91 Å². The number of hydrogen-bond acceptors (Lipinski definition) is 7. The lowest BCUT2D eigenvalue weighted by molar-refractivity contribution is -0.116. The highest BCUT2D eigenvalue weighted by Gasteiger charge is 2.17. The zero-order valence-electron chi connectivity index (χ0n) is 19.4. The second-order valence-electron chi connectivity index (χ2n) is 8.42. The van der Waals surface area contributed by atoms with Crippen molar-refractivity contribution in [1.82, 2.24) is 35.1 Å². The predicted molar refractivity (Wildman–Crippen MR) is 141 cm³/mol. The lowest BCUT2D eigenvalue weighted by Gasteiger charge is -2.07. The second kappa shape index (κ2) is 9.31. The number of anilines is 1. The maximum Gasteiger partial charge on any atom is 0.224 e. The van der Waals surface area contributed by atoms with Gasteiger partial charge in [-0.1, -0.05) is 19.4 Å². The van der Waals surface area contributed by atoms with E-state index < -0.39 is 0 Å². The van der Waals surface area contributed by atoms with Crippen LogP contribution >= 0.6 is 11.3 Å². The number of aromatic amines is 2. The number of rotatable bonds is 7. The maximum absolute atomic E-state index is 12.2. The third-order valence-corrected chi connectivity index (χ3v) is 6.79. The average molecular weight is 495 g/mol. The number of carbonyl (C=O) groups is 1. The van der Waals surface area contributed by atoms with Gasteiger partial charge in [-0.3, -0.25) is 19.9 Å². The Hall–Kier alpha value is -4.44. The van der Waals surface area contributed by atoms with Gasteiger partial charge in [0.1, 0.15) is 11.0 Å². The fourth-order valence-electron chi connectivity index (χ4n) is 4.09. The number of carbonyl (C=O) groups excluding carboxylic acids is 1. The molecule has 6 aromatic heterocycles. The summed E-state index contributed by atoms with van der Waals surface area (Å²) < 4.78 is 0. The second-order valence-corrected chi connectivity index (χ2v) is 9.37. The molecule has 0 spiro atoms. The Morgan fingerprint density at radius 1 is 1.03 bits per heavy atom. The fourth-order valence-corrected chi connectivity index (χ4v) is 4.83. The number of aromatic nitrogens is 7. The van der Waals surface area contributed by atoms with E-state index in [1.807, 2.05) is 35.8 Å². The highest BCUT2D eigenvalue weighted by atomic mass is 32.1. The number of thiophene rings is 1. The first-order valence-electron chi connectivity index (χ1n) is 11.7. The number of imidazole rings is 1. The van der Waals surface area contributed by atoms with E-state index in [0.29, 0.717) is 29.1 Å². The lowest BCUT2D eigenvalue weighted by Crippen LogP contribution is -2.11. The SMILES string of the molecule is CCCCC(=O)Nc1cncc(-c2ccc3[nH]nc(-c4nc5c(-c6cccs6)cncc5[nH]4)c3n2)c1. The third-order valence-electron chi connectivity index (χ3n) is 5.89. The number of H-pyrrole nitrogens is 2. The van der Waals surface area contributed by atoms with Crippen LogP contribution in [-0.2, 0) is 4.79 Å². The zero-order valence-corrected chi connectivity index (χ0v) is 20.3. The minimum atomic E-state index is -0.0161. The fraction of sp³-hybridized carbons (Fsp3) is 0.154. The number of fused-ring (bicyclic) bond motifs is 2. The summed E-state index contributed by atoms with van der Waals surface area (Å²) in [5.41, 5.74) is 6.92. The molecule has 9 nitrogen and oxygen atoms in total. The van der Waals surface area contributed by atoms with Crippen LogP contribution in [0.15, 0.2) is 60.5 Å². The van der Waals surface area contributed by atoms with E-state index in [4.69, 9.17) is 9.97 Å². The zero-order chi connectivity index (χ0) is 24.5. The van der Waals surface area contributed by atoms with Crippen molar-refractivity contribution in [1.29, 1.82) is 0 Å². The number of nitrogens with zero attached hydrogens (tertiary/aromatic N) is 5. The molecule has 3 N–H and O–H groups in total. The summed E-state index contributed by atoms with van der Waals surface area (Å²) in [5.74, 6) is 0.597. The van der Waals surface area contributed by atoms with Gasteiger partial charge in [0, 0.05) is 34.8 Å². The van der Waals surface area contributed by atoms with E-state index in [2.05, 4.69) is 43.5 Å². The summed E-state index contributed by atoms with van der Waals surface area (Å²) in [6, 6.07) is 9.79. The molecule has 0 fully saturated rings. The molecule has 6 heterocycles. The van der Waals surface area contributed by atoms with Gasteiger partial charge in [-0.25, -0.2) is 9.97 Å². The highest BCUT2D eigenvalue weighted by Crippen LogP contribution is 2.33. The Bertz CT molecular complexity index is 1690. The van der Waals surface area contributed by atoms with E-state index in [1.165, 1.54) is 0 Å². The highest BCUT2D eigenvalue weighted by molar-refractivity contribution is 7.13. The van der Waals surface area contributed by atoms with Crippen LogP contribution < -0.4 is 5.32 Å². The summed E-state index contributed by atoms with van der Waals surface area (Å²) >= 11 is 1.65. The molecule has 0 aliphatic carbocycles. The van der Waals surface area contributed by atoms with E-state index in [-0.39, 0.29) is 5.91 Å². The molecule has 6 rings (SSSR count). The predicted octanol–water partition coefficient (Wildman–Crippen LogP) is 5.82. The third kappa shape index (κ3) is 4.11. The molecular formula is C26H22N8OS. The normalized spacial score (nSPS) is 11.4. The number of amides is 1. The van der Waals surface area contributed by atoms with E-state index in [9.17, 15) is 4.79 Å². The molecule has 0 aliphatic heterocycles. The number of nitrogens with one attached hydrogen (secondary N) is 3. The van der Waals surface area contributed by atoms with Crippen LogP contribution in [0.5, 0.6) is 0 Å². The standard InChI is InChI=1S/C26H22N8OS/c1-2-3-6-22(35)29-16-10-15(11-27-12-16)18-7-8-19-24(30-18)25(34-33-19)26-31-20-14-28-13-17(23(20)32-26)21-5-4-9-36-21/h4-5,7-14H,2-3,6H2,1H3,(H,29,35)(H,31,32)(H,33,34). The maximum atomic E-state index is 12.2. The summed E-state index contributed by atoms with van der Waals surface area (Å²) in [7, 11) is 0. The van der Waals surface area contributed by atoms with Crippen LogP contribution in [0.4, 0.5) is 5.69 Å². The molecular weight excluding hydrogens is 472 g/mol. The molecule has 1 amide bonds. The molecule has 10 heteroatoms. The molecule has 0 aliphatic rings. The molecule has 0 radical (unpaired) electrons. The molecule has 178 valence electrons. The van der Waals surface area contributed by atoms with Crippen molar-refractivity contribution in [2.45, 2.75) is 26.2 Å². The van der Waals surface area contributed by atoms with Crippen LogP contribution in [0, 0.1) is 0 Å². The Morgan fingerprint density at radius 3 is 2.81 bits per heavy atom. The van der Waals surface area contributed by atoms with E-state index in [0.717, 1.165) is 51.1 Å². The van der Waals surface area contributed by atoms with Crippen LogP contribution in [0.1, 0.15) is 26.2 Å². The van der Waals surface area contributed by atoms with Gasteiger partial charge in [0.05, 0.1) is 34.8 Å². The average Bonchev–Trinajstić information content (AvgIpc) is 3.66. The van der Waals surface area contributed by atoms with Gasteiger partial charge in [0.25, 0.3) is 0 Å². The first kappa shape index (κ1) is 22.1. The quantitative estimate of drug-likeness (QED) is 0.257. The van der Waals surface area contributed by atoms with Crippen molar-refractivity contribution in [2.75, 3.05) is 5.32 Å². The van der Waals surface area contributed by atoms with Crippen molar-refractivity contribution < 1.29 is 4.79 Å². The van der Waals surface area contributed by atoms with Gasteiger partial charge in [0.15, 0.2) is 11.5 Å². The van der Waals surface area contributed by atoms with E-state index >= 15 is 0 Å². The monoisotopic (exact) mass is 494 g/mol. The van der Waals surface area contributed by atoms with Gasteiger partial charge in [-0.15, -0.1) is 11.3 Å². The number of pyridine rings is 3. The largest absolute Gasteiger partial charge is 0.335 e. The van der Waals surface area contributed by atoms with Crippen LogP contribution in [0.25, 0.3) is 55.3 Å². The van der Waals surface area contributed by atoms with Gasteiger partial charge < -0.3 is 10.3 Å². The first-order valence-corrected chi connectivity index (χ1v) is 12.6. The molecule has 0 saturated heterocycles. The summed E-state index contributed by atoms with van der Waals surface area (Å²) in [6.07, 6.45) is 9.29. The van der Waals surface area contributed by atoms with Gasteiger partial charge in [-0.05, 0) is 36.1 Å². The smallest absolute Gasteiger partial charge is 0.224 e. The molecule has 6 aromatic rings. The lowest BCUT2D eigenvalue weighted by atomic mass is 10.1. The van der Waals surface area contributed by atoms with Crippen molar-refractivity contribution in [3.8, 4) is 33.2 Å². The van der Waals surface area contributed by atoms with Crippen LogP contribution in [0.3, 0.4) is 0 Å². The molecule has 0 unspecified atom stereocenters. The van der Waals surface area contributed by atoms with Crippen molar-refractivity contribution in [3.05, 3.63) is 60.5 Å². The van der Waals surface area contributed by atoms with Gasteiger partial charge >= 0.3 is 0 Å². The summed E-state index contributed by atoms with van der Waals surface area (Å²) in [5, 5.41) is 12.5.